The number of hydrogen-bond donors (Lipinski definition) is 3. The lowest BCUT2D eigenvalue weighted by Gasteiger charge is -2.30. The number of hydrogen-bond acceptors (Lipinski definition) is 5. The van der Waals surface area contributed by atoms with Gasteiger partial charge in [-0.25, -0.2) is 8.78 Å². The molecule has 0 bridgehead atoms. The largest absolute Gasteiger partial charge is 0.497 e. The van der Waals surface area contributed by atoms with E-state index in [9.17, 15) is 18.7 Å². The third-order valence-corrected chi connectivity index (χ3v) is 6.28. The first-order valence-electron chi connectivity index (χ1n) is 11.9. The molecule has 4 rings (SSSR count). The number of carbonyl (C=O) groups is 1. The van der Waals surface area contributed by atoms with Crippen LogP contribution in [0, 0.1) is 11.6 Å². The topological polar surface area (TPSA) is 79.8 Å². The summed E-state index contributed by atoms with van der Waals surface area (Å²) in [5.74, 6) is -0.185. The van der Waals surface area contributed by atoms with Gasteiger partial charge < -0.3 is 25.2 Å². The number of carbonyl (C=O) groups excluding carboxylic acids is 1. The summed E-state index contributed by atoms with van der Waals surface area (Å²) in [6.07, 6.45) is -0.203. The standard InChI is InChI=1S/C28H30F2N2O4/c1-17(33)32-26(13-18-11-21(29)15-22(30)12-18)27(34)16-31-25-9-10-36-28-8-5-20(14-24(25)28)19-3-6-23(35-2)7-4-19/h3-8,11-12,14-15,25-27,31,34H,9-10,13,16H2,1-2H3,(H,32,33). The Hall–Kier alpha value is -3.49. The molecule has 3 N–H and O–H groups in total. The van der Waals surface area contributed by atoms with Crippen molar-refractivity contribution in [3.05, 3.63) is 83.4 Å². The van der Waals surface area contributed by atoms with Crippen LogP contribution < -0.4 is 20.1 Å². The van der Waals surface area contributed by atoms with E-state index in [1.165, 1.54) is 19.1 Å². The van der Waals surface area contributed by atoms with E-state index < -0.39 is 23.8 Å². The van der Waals surface area contributed by atoms with Crippen LogP contribution in [0.2, 0.25) is 0 Å². The Morgan fingerprint density at radius 1 is 1.08 bits per heavy atom. The van der Waals surface area contributed by atoms with E-state index in [1.54, 1.807) is 7.11 Å². The van der Waals surface area contributed by atoms with Gasteiger partial charge in [0.2, 0.25) is 5.91 Å². The molecule has 6 nitrogen and oxygen atoms in total. The molecule has 0 aromatic heterocycles. The Morgan fingerprint density at radius 2 is 1.78 bits per heavy atom. The molecule has 0 radical (unpaired) electrons. The Balaban J connectivity index is 1.48. The van der Waals surface area contributed by atoms with Crippen molar-refractivity contribution in [3.63, 3.8) is 0 Å². The van der Waals surface area contributed by atoms with Crippen molar-refractivity contribution in [2.75, 3.05) is 20.3 Å². The number of halogens is 2. The lowest BCUT2D eigenvalue weighted by atomic mass is 9.94. The summed E-state index contributed by atoms with van der Waals surface area (Å²) in [6, 6.07) is 16.2. The third kappa shape index (κ3) is 6.38. The molecule has 1 aliphatic heterocycles. The molecule has 3 aromatic carbocycles. The van der Waals surface area contributed by atoms with Crippen molar-refractivity contribution in [2.24, 2.45) is 0 Å². The molecule has 0 saturated heterocycles. The summed E-state index contributed by atoms with van der Waals surface area (Å²) in [4.78, 5) is 11.7. The van der Waals surface area contributed by atoms with Crippen molar-refractivity contribution >= 4 is 5.91 Å². The van der Waals surface area contributed by atoms with Crippen LogP contribution in [0.3, 0.4) is 0 Å². The molecular weight excluding hydrogens is 466 g/mol. The average Bonchev–Trinajstić information content (AvgIpc) is 2.85. The zero-order valence-electron chi connectivity index (χ0n) is 20.3. The van der Waals surface area contributed by atoms with Gasteiger partial charge in [-0.1, -0.05) is 18.2 Å². The maximum atomic E-state index is 13.6. The quantitative estimate of drug-likeness (QED) is 0.415. The summed E-state index contributed by atoms with van der Waals surface area (Å²) in [5, 5.41) is 17.0. The maximum Gasteiger partial charge on any atom is 0.217 e. The van der Waals surface area contributed by atoms with Crippen LogP contribution in [-0.4, -0.2) is 43.4 Å². The minimum Gasteiger partial charge on any atom is -0.497 e. The van der Waals surface area contributed by atoms with Gasteiger partial charge in [-0.2, -0.15) is 0 Å². The normalized spacial score (nSPS) is 16.4. The summed E-state index contributed by atoms with van der Waals surface area (Å²) in [6.45, 7) is 2.04. The first-order valence-corrected chi connectivity index (χ1v) is 11.9. The van der Waals surface area contributed by atoms with E-state index in [4.69, 9.17) is 9.47 Å². The van der Waals surface area contributed by atoms with Crippen LogP contribution in [0.15, 0.2) is 60.7 Å². The van der Waals surface area contributed by atoms with Crippen LogP contribution in [-0.2, 0) is 11.2 Å². The van der Waals surface area contributed by atoms with Crippen molar-refractivity contribution in [1.82, 2.24) is 10.6 Å². The lowest BCUT2D eigenvalue weighted by Crippen LogP contribution is -2.48. The fourth-order valence-electron chi connectivity index (χ4n) is 4.50. The molecular formula is C28H30F2N2O4. The Kier molecular flexibility index (Phi) is 8.18. The van der Waals surface area contributed by atoms with Crippen molar-refractivity contribution < 1.29 is 28.2 Å². The number of methoxy groups -OCH3 is 1. The number of benzene rings is 3. The van der Waals surface area contributed by atoms with Crippen LogP contribution in [0.5, 0.6) is 11.5 Å². The zero-order valence-corrected chi connectivity index (χ0v) is 20.3. The molecule has 0 aliphatic carbocycles. The minimum absolute atomic E-state index is 0.0776. The van der Waals surface area contributed by atoms with Gasteiger partial charge in [0.05, 0.1) is 25.9 Å². The fourth-order valence-corrected chi connectivity index (χ4v) is 4.50. The molecule has 1 amide bonds. The number of fused-ring (bicyclic) bond motifs is 1. The summed E-state index contributed by atoms with van der Waals surface area (Å²) in [5.41, 5.74) is 3.39. The highest BCUT2D eigenvalue weighted by Crippen LogP contribution is 2.36. The zero-order chi connectivity index (χ0) is 25.7. The van der Waals surface area contributed by atoms with Crippen molar-refractivity contribution in [3.8, 4) is 22.6 Å². The van der Waals surface area contributed by atoms with Gasteiger partial charge in [0.15, 0.2) is 0 Å². The monoisotopic (exact) mass is 496 g/mol. The third-order valence-electron chi connectivity index (χ3n) is 6.28. The molecule has 3 unspecified atom stereocenters. The number of ether oxygens (including phenoxy) is 2. The Labute approximate surface area is 209 Å². The number of nitrogens with one attached hydrogen (secondary N) is 2. The van der Waals surface area contributed by atoms with Crippen LogP contribution in [0.25, 0.3) is 11.1 Å². The van der Waals surface area contributed by atoms with E-state index in [0.717, 1.165) is 34.3 Å². The molecule has 3 aromatic rings. The van der Waals surface area contributed by atoms with E-state index >= 15 is 0 Å². The number of rotatable bonds is 9. The average molecular weight is 497 g/mol. The molecule has 1 heterocycles. The van der Waals surface area contributed by atoms with Crippen molar-refractivity contribution in [1.29, 1.82) is 0 Å². The SMILES string of the molecule is COc1ccc(-c2ccc3c(c2)C(NCC(O)C(Cc2cc(F)cc(F)c2)NC(C)=O)CCO3)cc1. The van der Waals surface area contributed by atoms with Gasteiger partial charge in [-0.05, 0) is 59.5 Å². The second-order valence-electron chi connectivity index (χ2n) is 8.94. The summed E-state index contributed by atoms with van der Waals surface area (Å²) >= 11 is 0. The van der Waals surface area contributed by atoms with Crippen molar-refractivity contribution in [2.45, 2.75) is 38.0 Å². The van der Waals surface area contributed by atoms with E-state index in [2.05, 4.69) is 16.7 Å². The number of amides is 1. The second kappa shape index (κ2) is 11.5. The van der Waals surface area contributed by atoms with Gasteiger partial charge >= 0.3 is 0 Å². The van der Waals surface area contributed by atoms with Gasteiger partial charge in [0, 0.05) is 37.6 Å². The molecule has 1 aliphatic rings. The number of aliphatic hydroxyl groups is 1. The second-order valence-corrected chi connectivity index (χ2v) is 8.94. The molecule has 0 spiro atoms. The van der Waals surface area contributed by atoms with Crippen LogP contribution in [0.4, 0.5) is 8.78 Å². The number of aliphatic hydroxyl groups excluding tert-OH is 1. The molecule has 3 atom stereocenters. The predicted octanol–water partition coefficient (Wildman–Crippen LogP) is 4.16. The van der Waals surface area contributed by atoms with Gasteiger partial charge in [0.25, 0.3) is 0 Å². The summed E-state index contributed by atoms with van der Waals surface area (Å²) < 4.78 is 38.4. The van der Waals surface area contributed by atoms with Gasteiger partial charge in [-0.15, -0.1) is 0 Å². The minimum atomic E-state index is -0.990. The smallest absolute Gasteiger partial charge is 0.217 e. The van der Waals surface area contributed by atoms with E-state index in [1.807, 2.05) is 36.4 Å². The highest BCUT2D eigenvalue weighted by molar-refractivity contribution is 5.73. The van der Waals surface area contributed by atoms with E-state index in [-0.39, 0.29) is 24.9 Å². The van der Waals surface area contributed by atoms with Crippen LogP contribution >= 0.6 is 0 Å². The van der Waals surface area contributed by atoms with E-state index in [0.29, 0.717) is 18.6 Å². The first-order chi connectivity index (χ1) is 17.3. The first kappa shape index (κ1) is 25.6. The van der Waals surface area contributed by atoms with Gasteiger partial charge in [0.1, 0.15) is 23.1 Å². The molecule has 0 fully saturated rings. The Morgan fingerprint density at radius 3 is 2.44 bits per heavy atom. The molecule has 8 heteroatoms. The predicted molar refractivity (Wildman–Crippen MR) is 133 cm³/mol. The highest BCUT2D eigenvalue weighted by Gasteiger charge is 2.26. The lowest BCUT2D eigenvalue weighted by molar-refractivity contribution is -0.120. The van der Waals surface area contributed by atoms with Crippen LogP contribution in [0.1, 0.15) is 30.5 Å². The maximum absolute atomic E-state index is 13.6. The summed E-state index contributed by atoms with van der Waals surface area (Å²) in [7, 11) is 1.63. The molecule has 190 valence electrons. The molecule has 0 saturated carbocycles. The van der Waals surface area contributed by atoms with Gasteiger partial charge in [-0.3, -0.25) is 4.79 Å². The highest BCUT2D eigenvalue weighted by atomic mass is 19.1. The Bertz CT molecular complexity index is 1180. The molecule has 36 heavy (non-hydrogen) atoms. The fraction of sp³-hybridized carbons (Fsp3) is 0.321.